The van der Waals surface area contributed by atoms with E-state index in [4.69, 9.17) is 18.0 Å². The number of thiocarbonyl (C=S) groups is 1. The van der Waals surface area contributed by atoms with Crippen LogP contribution in [0.15, 0.2) is 10.8 Å². The molecule has 1 fully saturated rings. The third kappa shape index (κ3) is 3.40. The largest absolute Gasteiger partial charge is 0.358 e. The maximum atomic E-state index is 6.08. The van der Waals surface area contributed by atoms with Crippen molar-refractivity contribution in [2.75, 3.05) is 5.32 Å². The van der Waals surface area contributed by atoms with Crippen LogP contribution in [0.4, 0.5) is 5.69 Å². The van der Waals surface area contributed by atoms with E-state index in [0.29, 0.717) is 11.2 Å². The van der Waals surface area contributed by atoms with Crippen molar-refractivity contribution in [3.63, 3.8) is 0 Å². The van der Waals surface area contributed by atoms with Gasteiger partial charge < -0.3 is 16.4 Å². The molecule has 2 rings (SSSR count). The molecular weight excluding hydrogens is 250 g/mol. The van der Waals surface area contributed by atoms with E-state index >= 15 is 0 Å². The summed E-state index contributed by atoms with van der Waals surface area (Å²) >= 11 is 7.00. The molecule has 0 radical (unpaired) electrons. The lowest BCUT2D eigenvalue weighted by Crippen LogP contribution is -2.50. The molecule has 5 heteroatoms. The van der Waals surface area contributed by atoms with Gasteiger partial charge in [0.25, 0.3) is 0 Å². The summed E-state index contributed by atoms with van der Waals surface area (Å²) in [5, 5.41) is 11.4. The van der Waals surface area contributed by atoms with Gasteiger partial charge in [-0.15, -0.1) is 11.3 Å². The molecule has 0 amide bonds. The first-order chi connectivity index (χ1) is 8.16. The summed E-state index contributed by atoms with van der Waals surface area (Å²) in [4.78, 5) is 0. The molecule has 1 aliphatic carbocycles. The smallest absolute Gasteiger partial charge is 0.171 e. The Morgan fingerprint density at radius 2 is 2.18 bits per heavy atom. The fourth-order valence-corrected chi connectivity index (χ4v) is 3.20. The second-order valence-electron chi connectivity index (χ2n) is 4.62. The van der Waals surface area contributed by atoms with E-state index in [0.717, 1.165) is 18.5 Å². The monoisotopic (exact) mass is 269 g/mol. The van der Waals surface area contributed by atoms with Crippen molar-refractivity contribution in [3.05, 3.63) is 16.3 Å². The van der Waals surface area contributed by atoms with Crippen molar-refractivity contribution in [2.24, 2.45) is 5.73 Å². The fourth-order valence-electron chi connectivity index (χ4n) is 2.15. The summed E-state index contributed by atoms with van der Waals surface area (Å²) in [5.74, 6) is 0. The van der Waals surface area contributed by atoms with E-state index < -0.39 is 0 Å². The molecule has 2 unspecified atom stereocenters. The number of aryl methyl sites for hydroxylation is 1. The zero-order chi connectivity index (χ0) is 12.3. The van der Waals surface area contributed by atoms with Crippen LogP contribution >= 0.6 is 23.6 Å². The van der Waals surface area contributed by atoms with Gasteiger partial charge in [0.15, 0.2) is 5.11 Å². The molecule has 94 valence electrons. The quantitative estimate of drug-likeness (QED) is 0.722. The van der Waals surface area contributed by atoms with Crippen LogP contribution in [-0.2, 0) is 0 Å². The van der Waals surface area contributed by atoms with Gasteiger partial charge in [0.05, 0.1) is 5.69 Å². The Morgan fingerprint density at radius 3 is 2.82 bits per heavy atom. The molecule has 3 nitrogen and oxygen atoms in total. The number of nitrogens with two attached hydrogens (primary N) is 1. The Kier molecular flexibility index (Phi) is 4.36. The molecule has 2 atom stereocenters. The average molecular weight is 269 g/mol. The molecule has 4 N–H and O–H groups in total. The lowest BCUT2D eigenvalue weighted by atomic mass is 9.91. The van der Waals surface area contributed by atoms with Gasteiger partial charge >= 0.3 is 0 Å². The Morgan fingerprint density at radius 1 is 1.41 bits per heavy atom. The van der Waals surface area contributed by atoms with Crippen LogP contribution < -0.4 is 16.4 Å². The van der Waals surface area contributed by atoms with E-state index in [9.17, 15) is 0 Å². The van der Waals surface area contributed by atoms with Gasteiger partial charge in [-0.2, -0.15) is 0 Å². The molecule has 1 aromatic heterocycles. The van der Waals surface area contributed by atoms with Crippen LogP contribution in [0.2, 0.25) is 0 Å². The van der Waals surface area contributed by atoms with Crippen LogP contribution in [0.1, 0.15) is 31.2 Å². The normalized spacial score (nSPS) is 24.4. The van der Waals surface area contributed by atoms with E-state index in [-0.39, 0.29) is 6.04 Å². The van der Waals surface area contributed by atoms with Gasteiger partial charge in [0.2, 0.25) is 0 Å². The van der Waals surface area contributed by atoms with Gasteiger partial charge in [0, 0.05) is 17.5 Å². The summed E-state index contributed by atoms with van der Waals surface area (Å²) in [6, 6.07) is 0.551. The molecule has 0 bridgehead atoms. The number of hydrogen-bond donors (Lipinski definition) is 3. The second kappa shape index (κ2) is 5.80. The molecule has 1 aromatic rings. The van der Waals surface area contributed by atoms with E-state index in [2.05, 4.69) is 28.3 Å². The lowest BCUT2D eigenvalue weighted by Gasteiger charge is -2.30. The first kappa shape index (κ1) is 12.8. The molecule has 1 heterocycles. The van der Waals surface area contributed by atoms with Crippen LogP contribution in [0, 0.1) is 6.92 Å². The Balaban J connectivity index is 1.86. The van der Waals surface area contributed by atoms with Crippen LogP contribution in [0.5, 0.6) is 0 Å². The van der Waals surface area contributed by atoms with Gasteiger partial charge in [0.1, 0.15) is 0 Å². The zero-order valence-electron chi connectivity index (χ0n) is 10.0. The highest BCUT2D eigenvalue weighted by atomic mass is 32.1. The highest BCUT2D eigenvalue weighted by Gasteiger charge is 2.22. The van der Waals surface area contributed by atoms with Crippen LogP contribution in [-0.4, -0.2) is 17.2 Å². The Labute approximate surface area is 112 Å². The summed E-state index contributed by atoms with van der Waals surface area (Å²) in [7, 11) is 0. The second-order valence-corrected chi connectivity index (χ2v) is 5.77. The lowest BCUT2D eigenvalue weighted by molar-refractivity contribution is 0.361. The molecule has 17 heavy (non-hydrogen) atoms. The van der Waals surface area contributed by atoms with Crippen molar-refractivity contribution in [2.45, 2.75) is 44.7 Å². The van der Waals surface area contributed by atoms with E-state index in [1.54, 1.807) is 11.3 Å². The maximum Gasteiger partial charge on any atom is 0.171 e. The van der Waals surface area contributed by atoms with Crippen molar-refractivity contribution in [1.82, 2.24) is 5.32 Å². The summed E-state index contributed by atoms with van der Waals surface area (Å²) in [6.45, 7) is 2.08. The van der Waals surface area contributed by atoms with Gasteiger partial charge in [-0.1, -0.05) is 12.8 Å². The molecular formula is C12H19N3S2. The van der Waals surface area contributed by atoms with Crippen molar-refractivity contribution in [3.8, 4) is 0 Å². The number of rotatable bonds is 2. The van der Waals surface area contributed by atoms with E-state index in [1.807, 2.05) is 0 Å². The SMILES string of the molecule is Cc1cscc1NC(=S)NC1CCCCC1N. The number of anilines is 1. The van der Waals surface area contributed by atoms with Crippen molar-refractivity contribution in [1.29, 1.82) is 0 Å². The molecule has 0 aromatic carbocycles. The summed E-state index contributed by atoms with van der Waals surface area (Å²) in [5.41, 5.74) is 8.41. The molecule has 0 spiro atoms. The number of hydrogen-bond acceptors (Lipinski definition) is 3. The number of thiophene rings is 1. The predicted molar refractivity (Wildman–Crippen MR) is 78.6 cm³/mol. The minimum Gasteiger partial charge on any atom is -0.358 e. The fraction of sp³-hybridized carbons (Fsp3) is 0.583. The molecule has 1 aliphatic rings. The van der Waals surface area contributed by atoms with Gasteiger partial charge in [-0.25, -0.2) is 0 Å². The van der Waals surface area contributed by atoms with E-state index in [1.165, 1.54) is 18.4 Å². The first-order valence-corrected chi connectivity index (χ1v) is 7.38. The maximum absolute atomic E-state index is 6.08. The highest BCUT2D eigenvalue weighted by molar-refractivity contribution is 7.80. The number of nitrogens with one attached hydrogen (secondary N) is 2. The zero-order valence-corrected chi connectivity index (χ0v) is 11.7. The minimum atomic E-state index is 0.229. The molecule has 1 saturated carbocycles. The highest BCUT2D eigenvalue weighted by Crippen LogP contribution is 2.20. The Bertz CT molecular complexity index is 389. The van der Waals surface area contributed by atoms with Crippen molar-refractivity contribution >= 4 is 34.4 Å². The van der Waals surface area contributed by atoms with Crippen LogP contribution in [0.3, 0.4) is 0 Å². The average Bonchev–Trinajstić information content (AvgIpc) is 2.68. The predicted octanol–water partition coefficient (Wildman–Crippen LogP) is 2.61. The third-order valence-corrected chi connectivity index (χ3v) is 4.32. The van der Waals surface area contributed by atoms with Crippen LogP contribution in [0.25, 0.3) is 0 Å². The standard InChI is InChI=1S/C12H19N3S2/c1-8-6-17-7-11(8)15-12(16)14-10-5-3-2-4-9(10)13/h6-7,9-10H,2-5,13H2,1H3,(H2,14,15,16). The first-order valence-electron chi connectivity index (χ1n) is 6.02. The van der Waals surface area contributed by atoms with Gasteiger partial charge in [-0.05, 0) is 42.9 Å². The third-order valence-electron chi connectivity index (χ3n) is 3.24. The van der Waals surface area contributed by atoms with Crippen molar-refractivity contribution < 1.29 is 0 Å². The summed E-state index contributed by atoms with van der Waals surface area (Å²) in [6.07, 6.45) is 4.69. The molecule has 0 aliphatic heterocycles. The van der Waals surface area contributed by atoms with Gasteiger partial charge in [-0.3, -0.25) is 0 Å². The topological polar surface area (TPSA) is 50.1 Å². The minimum absolute atomic E-state index is 0.229. The Hall–Kier alpha value is -0.650. The molecule has 0 saturated heterocycles. The summed E-state index contributed by atoms with van der Waals surface area (Å²) < 4.78 is 0.